The van der Waals surface area contributed by atoms with E-state index in [1.54, 1.807) is 0 Å². The van der Waals surface area contributed by atoms with Crippen LogP contribution in [0.4, 0.5) is 0 Å². The average molecular weight is 351 g/mol. The van der Waals surface area contributed by atoms with Gasteiger partial charge in [0.1, 0.15) is 11.6 Å². The van der Waals surface area contributed by atoms with Gasteiger partial charge in [0, 0.05) is 32.0 Å². The van der Waals surface area contributed by atoms with Gasteiger partial charge in [0.15, 0.2) is 0 Å². The fourth-order valence-corrected chi connectivity index (χ4v) is 3.71. The van der Waals surface area contributed by atoms with Crippen LogP contribution < -0.4 is 5.56 Å². The number of aromatic nitrogens is 4. The van der Waals surface area contributed by atoms with E-state index in [0.29, 0.717) is 6.54 Å². The molecule has 0 amide bonds. The van der Waals surface area contributed by atoms with E-state index in [4.69, 9.17) is 4.98 Å². The fraction of sp³-hybridized carbons (Fsp3) is 0.450. The second kappa shape index (κ2) is 6.68. The van der Waals surface area contributed by atoms with Crippen molar-refractivity contribution in [1.29, 1.82) is 0 Å². The summed E-state index contributed by atoms with van der Waals surface area (Å²) in [4.78, 5) is 27.2. The molecule has 1 aromatic carbocycles. The molecule has 0 fully saturated rings. The third kappa shape index (κ3) is 2.94. The van der Waals surface area contributed by atoms with Crippen LogP contribution in [-0.4, -0.2) is 31.0 Å². The van der Waals surface area contributed by atoms with E-state index in [2.05, 4.69) is 58.4 Å². The predicted molar refractivity (Wildman–Crippen MR) is 102 cm³/mol. The average Bonchev–Trinajstić information content (AvgIpc) is 2.98. The Morgan fingerprint density at radius 3 is 2.81 bits per heavy atom. The number of para-hydroxylation sites is 2. The van der Waals surface area contributed by atoms with Crippen molar-refractivity contribution in [1.82, 2.24) is 24.4 Å². The molecule has 6 heteroatoms. The maximum atomic E-state index is 12.5. The summed E-state index contributed by atoms with van der Waals surface area (Å²) in [5.74, 6) is 2.07. The van der Waals surface area contributed by atoms with Crippen LogP contribution in [-0.2, 0) is 26.1 Å². The van der Waals surface area contributed by atoms with Crippen molar-refractivity contribution in [2.45, 2.75) is 52.7 Å². The molecule has 0 bridgehead atoms. The number of H-pyrrole nitrogens is 1. The lowest BCUT2D eigenvalue weighted by Crippen LogP contribution is -2.36. The van der Waals surface area contributed by atoms with Crippen molar-refractivity contribution >= 4 is 11.0 Å². The molecule has 2 aromatic heterocycles. The number of aryl methyl sites for hydroxylation is 1. The van der Waals surface area contributed by atoms with Gasteiger partial charge in [0.2, 0.25) is 0 Å². The highest BCUT2D eigenvalue weighted by Gasteiger charge is 2.23. The zero-order valence-electron chi connectivity index (χ0n) is 15.6. The minimum absolute atomic E-state index is 0.00685. The van der Waals surface area contributed by atoms with Crippen molar-refractivity contribution in [3.05, 3.63) is 57.5 Å². The summed E-state index contributed by atoms with van der Waals surface area (Å²) in [6, 6.07) is 8.24. The number of aromatic amines is 1. The van der Waals surface area contributed by atoms with Crippen LogP contribution in [0.5, 0.6) is 0 Å². The number of imidazole rings is 1. The Bertz CT molecular complexity index is 1000. The minimum atomic E-state index is 0.00685. The smallest absolute Gasteiger partial charge is 0.255 e. The number of benzene rings is 1. The Labute approximate surface area is 152 Å². The number of rotatable bonds is 4. The highest BCUT2D eigenvalue weighted by atomic mass is 16.1. The summed E-state index contributed by atoms with van der Waals surface area (Å²) in [7, 11) is 0. The molecule has 4 rings (SSSR count). The summed E-state index contributed by atoms with van der Waals surface area (Å²) in [5.41, 5.74) is 3.97. The van der Waals surface area contributed by atoms with Crippen molar-refractivity contribution in [2.24, 2.45) is 0 Å². The molecule has 1 aliphatic rings. The van der Waals surface area contributed by atoms with Gasteiger partial charge in [-0.3, -0.25) is 9.69 Å². The van der Waals surface area contributed by atoms with Gasteiger partial charge in [0.25, 0.3) is 5.56 Å². The first kappa shape index (κ1) is 17.0. The van der Waals surface area contributed by atoms with Crippen LogP contribution in [0, 0.1) is 0 Å². The molecule has 0 saturated heterocycles. The van der Waals surface area contributed by atoms with Gasteiger partial charge in [-0.2, -0.15) is 0 Å². The largest absolute Gasteiger partial charge is 0.327 e. The van der Waals surface area contributed by atoms with E-state index in [1.165, 1.54) is 5.52 Å². The molecule has 0 unspecified atom stereocenters. The second-order valence-corrected chi connectivity index (χ2v) is 7.25. The molecule has 6 nitrogen and oxygen atoms in total. The van der Waals surface area contributed by atoms with Gasteiger partial charge in [-0.15, -0.1) is 0 Å². The van der Waals surface area contributed by atoms with Gasteiger partial charge >= 0.3 is 0 Å². The summed E-state index contributed by atoms with van der Waals surface area (Å²) in [6.07, 6.45) is 0.811. The molecular formula is C20H25N5O. The van der Waals surface area contributed by atoms with Crippen LogP contribution in [0.1, 0.15) is 49.6 Å². The lowest BCUT2D eigenvalue weighted by atomic mass is 10.1. The first-order valence-corrected chi connectivity index (χ1v) is 9.35. The molecule has 3 heterocycles. The van der Waals surface area contributed by atoms with E-state index < -0.39 is 0 Å². The zero-order valence-corrected chi connectivity index (χ0v) is 15.6. The molecule has 1 N–H and O–H groups in total. The number of hydrogen-bond donors (Lipinski definition) is 1. The monoisotopic (exact) mass is 351 g/mol. The molecule has 0 saturated carbocycles. The normalized spacial score (nSPS) is 14.9. The lowest BCUT2D eigenvalue weighted by Gasteiger charge is -2.27. The maximum Gasteiger partial charge on any atom is 0.255 e. The highest BCUT2D eigenvalue weighted by molar-refractivity contribution is 5.75. The van der Waals surface area contributed by atoms with Crippen molar-refractivity contribution in [2.75, 3.05) is 6.54 Å². The fourth-order valence-electron chi connectivity index (χ4n) is 3.71. The topological polar surface area (TPSA) is 66.8 Å². The Balaban J connectivity index is 1.61. The van der Waals surface area contributed by atoms with Gasteiger partial charge in [-0.1, -0.05) is 26.0 Å². The van der Waals surface area contributed by atoms with Crippen LogP contribution in [0.3, 0.4) is 0 Å². The third-order valence-corrected chi connectivity index (χ3v) is 5.13. The summed E-state index contributed by atoms with van der Waals surface area (Å²) < 4.78 is 2.26. The molecule has 0 aliphatic carbocycles. The molecule has 1 aliphatic heterocycles. The zero-order chi connectivity index (χ0) is 18.3. The van der Waals surface area contributed by atoms with E-state index in [-0.39, 0.29) is 11.5 Å². The van der Waals surface area contributed by atoms with Gasteiger partial charge in [-0.25, -0.2) is 9.97 Å². The van der Waals surface area contributed by atoms with Crippen LogP contribution in [0.15, 0.2) is 29.1 Å². The van der Waals surface area contributed by atoms with Crippen molar-refractivity contribution < 1.29 is 0 Å². The first-order valence-electron chi connectivity index (χ1n) is 9.35. The minimum Gasteiger partial charge on any atom is -0.327 e. The molecular weight excluding hydrogens is 326 g/mol. The molecule has 0 spiro atoms. The van der Waals surface area contributed by atoms with E-state index in [0.717, 1.165) is 54.5 Å². The number of fused-ring (bicyclic) bond motifs is 2. The summed E-state index contributed by atoms with van der Waals surface area (Å²) in [5, 5.41) is 0. The quantitative estimate of drug-likeness (QED) is 0.785. The number of hydrogen-bond acceptors (Lipinski definition) is 4. The Morgan fingerprint density at radius 2 is 2.04 bits per heavy atom. The highest BCUT2D eigenvalue weighted by Crippen LogP contribution is 2.21. The van der Waals surface area contributed by atoms with Crippen LogP contribution in [0.25, 0.3) is 11.0 Å². The molecule has 0 atom stereocenters. The van der Waals surface area contributed by atoms with Crippen LogP contribution >= 0.6 is 0 Å². The summed E-state index contributed by atoms with van der Waals surface area (Å²) >= 11 is 0. The SMILES string of the molecule is CCn1c(CN2CCc3nc(C(C)C)[nH]c(=O)c3C2)nc2ccccc21. The Kier molecular flexibility index (Phi) is 4.36. The van der Waals surface area contributed by atoms with E-state index >= 15 is 0 Å². The van der Waals surface area contributed by atoms with E-state index in [9.17, 15) is 4.79 Å². The van der Waals surface area contributed by atoms with Crippen molar-refractivity contribution in [3.8, 4) is 0 Å². The van der Waals surface area contributed by atoms with Gasteiger partial charge in [0.05, 0.1) is 28.8 Å². The first-order chi connectivity index (χ1) is 12.6. The summed E-state index contributed by atoms with van der Waals surface area (Å²) in [6.45, 7) is 9.40. The second-order valence-electron chi connectivity index (χ2n) is 7.25. The third-order valence-electron chi connectivity index (χ3n) is 5.13. The van der Waals surface area contributed by atoms with Gasteiger partial charge < -0.3 is 9.55 Å². The Morgan fingerprint density at radius 1 is 1.23 bits per heavy atom. The Hall–Kier alpha value is -2.47. The number of nitrogens with one attached hydrogen (secondary N) is 1. The molecule has 0 radical (unpaired) electrons. The van der Waals surface area contributed by atoms with Crippen LogP contribution in [0.2, 0.25) is 0 Å². The maximum absolute atomic E-state index is 12.5. The van der Waals surface area contributed by atoms with Gasteiger partial charge in [-0.05, 0) is 19.1 Å². The predicted octanol–water partition coefficient (Wildman–Crippen LogP) is 2.82. The van der Waals surface area contributed by atoms with E-state index in [1.807, 2.05) is 6.07 Å². The molecule has 3 aromatic rings. The standard InChI is InChI=1S/C20H25N5O/c1-4-25-17-8-6-5-7-16(17)21-18(25)12-24-10-9-15-14(11-24)20(26)23-19(22-15)13(2)3/h5-8,13H,4,9-12H2,1-3H3,(H,22,23,26). The lowest BCUT2D eigenvalue weighted by molar-refractivity contribution is 0.232. The number of nitrogens with zero attached hydrogens (tertiary/aromatic N) is 4. The molecule has 26 heavy (non-hydrogen) atoms. The molecule has 136 valence electrons. The van der Waals surface area contributed by atoms with Crippen molar-refractivity contribution in [3.63, 3.8) is 0 Å².